The number of aromatic carboxylic acids is 1. The standard InChI is InChI=1S/C31H35BrN4O5S/c1-4-6-20-12-25-29(27(37)13-20)28(23(16-33)18(3)35-25)22-14-24(32)30(26(15-22)36-42(40,41)11-5-2)34-17-19-7-9-21(10-8-19)31(38)39/h7-10,14-15,20,23,28,34,36H,4-6,11-13,17H2,1-3H3,(H,38,39). The second kappa shape index (κ2) is 13.2. The van der Waals surface area contributed by atoms with Gasteiger partial charge in [0.05, 0.1) is 34.7 Å². The van der Waals surface area contributed by atoms with Crippen LogP contribution >= 0.6 is 15.9 Å². The number of rotatable bonds is 11. The summed E-state index contributed by atoms with van der Waals surface area (Å²) in [6, 6.07) is 12.3. The second-order valence-electron chi connectivity index (χ2n) is 10.9. The number of ketones is 1. The van der Waals surface area contributed by atoms with Gasteiger partial charge in [-0.2, -0.15) is 5.26 Å². The van der Waals surface area contributed by atoms with E-state index in [0.29, 0.717) is 58.5 Å². The third kappa shape index (κ3) is 6.93. The van der Waals surface area contributed by atoms with Crippen molar-refractivity contribution < 1.29 is 23.1 Å². The van der Waals surface area contributed by atoms with Gasteiger partial charge in [0.15, 0.2) is 5.78 Å². The maximum atomic E-state index is 13.5. The van der Waals surface area contributed by atoms with E-state index in [2.05, 4.69) is 39.0 Å². The predicted octanol–water partition coefficient (Wildman–Crippen LogP) is 6.64. The van der Waals surface area contributed by atoms with Crippen molar-refractivity contribution >= 4 is 54.8 Å². The number of halogens is 1. The molecule has 2 aliphatic rings. The Balaban J connectivity index is 1.78. The van der Waals surface area contributed by atoms with Crippen LogP contribution in [0.4, 0.5) is 11.4 Å². The third-order valence-corrected chi connectivity index (χ3v) is 9.79. The zero-order chi connectivity index (χ0) is 30.6. The second-order valence-corrected chi connectivity index (χ2v) is 13.6. The van der Waals surface area contributed by atoms with E-state index in [0.717, 1.165) is 24.1 Å². The van der Waals surface area contributed by atoms with Crippen molar-refractivity contribution in [3.63, 3.8) is 0 Å². The first-order valence-electron chi connectivity index (χ1n) is 14.1. The Hall–Kier alpha value is -3.49. The quantitative estimate of drug-likeness (QED) is 0.246. The Morgan fingerprint density at radius 3 is 2.50 bits per heavy atom. The average Bonchev–Trinajstić information content (AvgIpc) is 2.91. The molecule has 3 atom stereocenters. The highest BCUT2D eigenvalue weighted by Gasteiger charge is 2.41. The molecule has 0 fully saturated rings. The number of aliphatic imine (C=N–C) groups is 1. The molecule has 0 saturated heterocycles. The Labute approximate surface area is 255 Å². The highest BCUT2D eigenvalue weighted by atomic mass is 79.9. The van der Waals surface area contributed by atoms with Gasteiger partial charge in [0.2, 0.25) is 10.0 Å². The van der Waals surface area contributed by atoms with E-state index in [4.69, 9.17) is 4.99 Å². The molecule has 11 heteroatoms. The molecule has 2 aromatic carbocycles. The normalized spacial score (nSPS) is 20.4. The van der Waals surface area contributed by atoms with Gasteiger partial charge in [-0.15, -0.1) is 0 Å². The number of nitrogens with one attached hydrogen (secondary N) is 2. The van der Waals surface area contributed by atoms with Crippen LogP contribution in [-0.4, -0.2) is 36.7 Å². The van der Waals surface area contributed by atoms with E-state index in [9.17, 15) is 28.4 Å². The molecule has 222 valence electrons. The van der Waals surface area contributed by atoms with E-state index >= 15 is 0 Å². The number of carboxylic acid groups (broad SMARTS) is 1. The summed E-state index contributed by atoms with van der Waals surface area (Å²) in [4.78, 5) is 29.5. The van der Waals surface area contributed by atoms with Crippen LogP contribution in [0.2, 0.25) is 0 Å². The molecule has 0 radical (unpaired) electrons. The minimum Gasteiger partial charge on any atom is -0.478 e. The van der Waals surface area contributed by atoms with Gasteiger partial charge in [0.1, 0.15) is 0 Å². The van der Waals surface area contributed by atoms with Gasteiger partial charge in [-0.05, 0) is 83.4 Å². The molecule has 0 bridgehead atoms. The maximum absolute atomic E-state index is 13.5. The molecule has 9 nitrogen and oxygen atoms in total. The number of anilines is 2. The van der Waals surface area contributed by atoms with Crippen LogP contribution in [-0.2, 0) is 21.4 Å². The Morgan fingerprint density at radius 1 is 1.17 bits per heavy atom. The number of hydrogen-bond donors (Lipinski definition) is 3. The molecular formula is C31H35BrN4O5S. The van der Waals surface area contributed by atoms with Crippen molar-refractivity contribution in [1.29, 1.82) is 5.26 Å². The first-order valence-corrected chi connectivity index (χ1v) is 16.5. The van der Waals surface area contributed by atoms with Gasteiger partial charge in [-0.25, -0.2) is 13.2 Å². The van der Waals surface area contributed by atoms with Gasteiger partial charge < -0.3 is 10.4 Å². The summed E-state index contributed by atoms with van der Waals surface area (Å²) in [6.45, 7) is 5.98. The number of allylic oxidation sites excluding steroid dienone is 2. The van der Waals surface area contributed by atoms with Crippen molar-refractivity contribution in [3.05, 3.63) is 68.8 Å². The van der Waals surface area contributed by atoms with Gasteiger partial charge in [-0.1, -0.05) is 32.4 Å². The largest absolute Gasteiger partial charge is 0.478 e. The maximum Gasteiger partial charge on any atom is 0.335 e. The van der Waals surface area contributed by atoms with Crippen LogP contribution in [0, 0.1) is 23.2 Å². The van der Waals surface area contributed by atoms with Crippen molar-refractivity contribution in [3.8, 4) is 6.07 Å². The average molecular weight is 656 g/mol. The smallest absolute Gasteiger partial charge is 0.335 e. The molecule has 1 heterocycles. The predicted molar refractivity (Wildman–Crippen MR) is 167 cm³/mol. The lowest BCUT2D eigenvalue weighted by Gasteiger charge is -2.35. The van der Waals surface area contributed by atoms with E-state index < -0.39 is 27.8 Å². The summed E-state index contributed by atoms with van der Waals surface area (Å²) >= 11 is 3.62. The number of sulfonamides is 1. The fraction of sp³-hybridized carbons (Fsp3) is 0.419. The number of carbonyl (C=O) groups is 2. The highest BCUT2D eigenvalue weighted by molar-refractivity contribution is 9.10. The topological polar surface area (TPSA) is 149 Å². The van der Waals surface area contributed by atoms with Crippen LogP contribution in [0.3, 0.4) is 0 Å². The molecule has 0 amide bonds. The number of Topliss-reactive ketones (excluding diaryl/α,β-unsaturated/α-hetero) is 1. The highest BCUT2D eigenvalue weighted by Crippen LogP contribution is 2.47. The molecule has 3 N–H and O–H groups in total. The van der Waals surface area contributed by atoms with Crippen molar-refractivity contribution in [2.75, 3.05) is 15.8 Å². The molecule has 0 saturated carbocycles. The number of nitrogens with zero attached hydrogens (tertiary/aromatic N) is 2. The van der Waals surface area contributed by atoms with Crippen molar-refractivity contribution in [2.24, 2.45) is 16.8 Å². The van der Waals surface area contributed by atoms with Crippen molar-refractivity contribution in [1.82, 2.24) is 0 Å². The fourth-order valence-electron chi connectivity index (χ4n) is 5.79. The first kappa shape index (κ1) is 31.4. The SMILES string of the molecule is CCCC1CC(=O)C2=C(C1)N=C(C)C(C#N)C2c1cc(Br)c(NCc2ccc(C(=O)O)cc2)c(NS(=O)(=O)CCC)c1. The summed E-state index contributed by atoms with van der Waals surface area (Å²) in [5.74, 6) is -2.14. The van der Waals surface area contributed by atoms with Crippen LogP contribution in [0.5, 0.6) is 0 Å². The first-order chi connectivity index (χ1) is 20.0. The molecular weight excluding hydrogens is 620 g/mol. The van der Waals surface area contributed by atoms with Crippen LogP contribution < -0.4 is 10.0 Å². The Bertz CT molecular complexity index is 1590. The Morgan fingerprint density at radius 2 is 1.88 bits per heavy atom. The number of hydrogen-bond acceptors (Lipinski definition) is 7. The zero-order valence-electron chi connectivity index (χ0n) is 23.9. The summed E-state index contributed by atoms with van der Waals surface area (Å²) in [5.41, 5.74) is 4.31. The number of benzene rings is 2. The van der Waals surface area contributed by atoms with Gasteiger partial charge in [0.25, 0.3) is 0 Å². The molecule has 1 aliphatic heterocycles. The zero-order valence-corrected chi connectivity index (χ0v) is 26.3. The minimum absolute atomic E-state index is 0.00699. The molecule has 3 unspecified atom stereocenters. The molecule has 1 aliphatic carbocycles. The monoisotopic (exact) mass is 654 g/mol. The van der Waals surface area contributed by atoms with E-state index in [1.54, 1.807) is 25.1 Å². The van der Waals surface area contributed by atoms with Gasteiger partial charge >= 0.3 is 5.97 Å². The van der Waals surface area contributed by atoms with Gasteiger partial charge in [0, 0.05) is 40.3 Å². The summed E-state index contributed by atoms with van der Waals surface area (Å²) in [7, 11) is -3.69. The lowest BCUT2D eigenvalue weighted by Crippen LogP contribution is -2.33. The summed E-state index contributed by atoms with van der Waals surface area (Å²) < 4.78 is 29.1. The molecule has 0 spiro atoms. The van der Waals surface area contributed by atoms with Crippen LogP contribution in [0.15, 0.2) is 57.1 Å². The lowest BCUT2D eigenvalue weighted by atomic mass is 9.70. The summed E-state index contributed by atoms with van der Waals surface area (Å²) in [6.07, 6.45) is 3.41. The van der Waals surface area contributed by atoms with E-state index in [-0.39, 0.29) is 23.0 Å². The molecule has 0 aromatic heterocycles. The van der Waals surface area contributed by atoms with Crippen LogP contribution in [0.1, 0.15) is 80.3 Å². The van der Waals surface area contributed by atoms with Crippen molar-refractivity contribution in [2.45, 2.75) is 65.3 Å². The number of nitriles is 1. The van der Waals surface area contributed by atoms with Crippen LogP contribution in [0.25, 0.3) is 0 Å². The molecule has 2 aromatic rings. The number of carbonyl (C=O) groups excluding carboxylic acids is 1. The minimum atomic E-state index is -3.69. The molecule has 42 heavy (non-hydrogen) atoms. The third-order valence-electron chi connectivity index (χ3n) is 7.69. The number of carboxylic acids is 1. The lowest BCUT2D eigenvalue weighted by molar-refractivity contribution is -0.117. The van der Waals surface area contributed by atoms with E-state index in [1.165, 1.54) is 12.1 Å². The van der Waals surface area contributed by atoms with Gasteiger partial charge in [-0.3, -0.25) is 14.5 Å². The summed E-state index contributed by atoms with van der Waals surface area (Å²) in [5, 5.41) is 22.6. The Kier molecular flexibility index (Phi) is 9.89. The van der Waals surface area contributed by atoms with E-state index in [1.807, 2.05) is 13.0 Å². The fourth-order valence-corrected chi connectivity index (χ4v) is 7.54. The molecule has 4 rings (SSSR count).